The summed E-state index contributed by atoms with van der Waals surface area (Å²) in [6.07, 6.45) is 1.50. The van der Waals surface area contributed by atoms with Gasteiger partial charge in [-0.3, -0.25) is 20.2 Å². The fraction of sp³-hybridized carbons (Fsp3) is 0.0870. The van der Waals surface area contributed by atoms with E-state index < -0.39 is 11.8 Å². The number of rotatable bonds is 4. The summed E-state index contributed by atoms with van der Waals surface area (Å²) >= 11 is 8.28. The highest BCUT2D eigenvalue weighted by Gasteiger charge is 2.26. The van der Waals surface area contributed by atoms with E-state index in [0.29, 0.717) is 17.9 Å². The first-order chi connectivity index (χ1) is 14.4. The lowest BCUT2D eigenvalue weighted by atomic mass is 10.0. The first kappa shape index (κ1) is 20.3. The molecule has 2 amide bonds. The molecular formula is C23H17BrN2O3S. The maximum Gasteiger partial charge on any atom is 0.263 e. The van der Waals surface area contributed by atoms with E-state index in [2.05, 4.69) is 57.8 Å². The standard InChI is InChI=1S/C23H17BrN2O3S/c1-13-6-7-14-4-2-3-5-17(14)19(13)12-29-20-9-8-16(24)10-15(20)11-18-21(27)25-23(30)26-22(18)28/h2-11H,12H2,1H3,(H2,25,26,27,28,30). The van der Waals surface area contributed by atoms with Gasteiger partial charge in [0.15, 0.2) is 5.11 Å². The smallest absolute Gasteiger partial charge is 0.263 e. The zero-order valence-electron chi connectivity index (χ0n) is 16.0. The summed E-state index contributed by atoms with van der Waals surface area (Å²) < 4.78 is 6.95. The van der Waals surface area contributed by atoms with E-state index in [1.54, 1.807) is 12.1 Å². The van der Waals surface area contributed by atoms with E-state index in [1.165, 1.54) is 6.08 Å². The zero-order chi connectivity index (χ0) is 21.3. The number of halogens is 1. The van der Waals surface area contributed by atoms with Gasteiger partial charge in [0, 0.05) is 15.6 Å². The van der Waals surface area contributed by atoms with Crippen molar-refractivity contribution in [3.8, 4) is 5.75 Å². The Balaban J connectivity index is 1.68. The summed E-state index contributed by atoms with van der Waals surface area (Å²) in [5, 5.41) is 7.16. The number of nitrogens with one attached hydrogen (secondary N) is 2. The Morgan fingerprint density at radius 2 is 1.77 bits per heavy atom. The number of benzene rings is 3. The minimum Gasteiger partial charge on any atom is -0.488 e. The van der Waals surface area contributed by atoms with Crippen molar-refractivity contribution in [1.82, 2.24) is 10.6 Å². The molecule has 0 saturated carbocycles. The van der Waals surface area contributed by atoms with Gasteiger partial charge in [-0.2, -0.15) is 0 Å². The second-order valence-electron chi connectivity index (χ2n) is 6.85. The van der Waals surface area contributed by atoms with Crippen LogP contribution in [0.25, 0.3) is 16.8 Å². The molecule has 0 radical (unpaired) electrons. The van der Waals surface area contributed by atoms with Crippen LogP contribution in [0, 0.1) is 6.92 Å². The van der Waals surface area contributed by atoms with E-state index >= 15 is 0 Å². The molecule has 3 aromatic carbocycles. The molecule has 0 aliphatic carbocycles. The summed E-state index contributed by atoms with van der Waals surface area (Å²) in [4.78, 5) is 24.4. The lowest BCUT2D eigenvalue weighted by Crippen LogP contribution is -2.51. The molecule has 1 heterocycles. The van der Waals surface area contributed by atoms with Crippen LogP contribution in [0.1, 0.15) is 16.7 Å². The predicted molar refractivity (Wildman–Crippen MR) is 124 cm³/mol. The van der Waals surface area contributed by atoms with E-state index in [1.807, 2.05) is 18.2 Å². The van der Waals surface area contributed by atoms with Gasteiger partial charge in [-0.05, 0) is 59.8 Å². The van der Waals surface area contributed by atoms with E-state index in [9.17, 15) is 9.59 Å². The van der Waals surface area contributed by atoms with Gasteiger partial charge in [-0.25, -0.2) is 0 Å². The average molecular weight is 481 g/mol. The van der Waals surface area contributed by atoms with E-state index in [-0.39, 0.29) is 10.7 Å². The van der Waals surface area contributed by atoms with Crippen LogP contribution in [0.3, 0.4) is 0 Å². The third kappa shape index (κ3) is 4.13. The van der Waals surface area contributed by atoms with Crippen LogP contribution in [0.2, 0.25) is 0 Å². The van der Waals surface area contributed by atoms with Crippen LogP contribution >= 0.6 is 28.1 Å². The van der Waals surface area contributed by atoms with E-state index in [0.717, 1.165) is 26.4 Å². The molecule has 0 aromatic heterocycles. The summed E-state index contributed by atoms with van der Waals surface area (Å²) in [6.45, 7) is 2.41. The molecule has 3 aromatic rings. The molecule has 1 saturated heterocycles. The largest absolute Gasteiger partial charge is 0.488 e. The van der Waals surface area contributed by atoms with Crippen molar-refractivity contribution in [1.29, 1.82) is 0 Å². The molecule has 5 nitrogen and oxygen atoms in total. The van der Waals surface area contributed by atoms with Gasteiger partial charge in [0.2, 0.25) is 0 Å². The highest BCUT2D eigenvalue weighted by Crippen LogP contribution is 2.29. The van der Waals surface area contributed by atoms with Crippen molar-refractivity contribution in [2.45, 2.75) is 13.5 Å². The average Bonchev–Trinajstić information content (AvgIpc) is 2.71. The van der Waals surface area contributed by atoms with Gasteiger partial charge in [0.1, 0.15) is 17.9 Å². The van der Waals surface area contributed by atoms with Crippen LogP contribution in [0.5, 0.6) is 5.75 Å². The third-order valence-electron chi connectivity index (χ3n) is 4.86. The fourth-order valence-electron chi connectivity index (χ4n) is 3.31. The van der Waals surface area contributed by atoms with Crippen LogP contribution in [-0.2, 0) is 16.2 Å². The number of thiocarbonyl (C=S) groups is 1. The lowest BCUT2D eigenvalue weighted by Gasteiger charge is -2.17. The quantitative estimate of drug-likeness (QED) is 0.329. The predicted octanol–water partition coefficient (Wildman–Crippen LogP) is 4.40. The lowest BCUT2D eigenvalue weighted by molar-refractivity contribution is -0.123. The SMILES string of the molecule is Cc1ccc2ccccc2c1COc1ccc(Br)cc1C=C1C(=O)NC(=S)NC1=O. The number of carbonyl (C=O) groups excluding carboxylic acids is 2. The second kappa shape index (κ2) is 8.38. The van der Waals surface area contributed by atoms with Crippen molar-refractivity contribution in [3.63, 3.8) is 0 Å². The molecule has 7 heteroatoms. The first-order valence-electron chi connectivity index (χ1n) is 9.20. The number of fused-ring (bicyclic) bond motifs is 1. The summed E-state index contributed by atoms with van der Waals surface area (Å²) in [5.41, 5.74) is 2.79. The Morgan fingerprint density at radius 1 is 1.03 bits per heavy atom. The van der Waals surface area contributed by atoms with Gasteiger partial charge in [0.25, 0.3) is 11.8 Å². The topological polar surface area (TPSA) is 67.4 Å². The highest BCUT2D eigenvalue weighted by molar-refractivity contribution is 9.10. The van der Waals surface area contributed by atoms with Gasteiger partial charge in [0.05, 0.1) is 0 Å². The molecule has 0 bridgehead atoms. The summed E-state index contributed by atoms with van der Waals surface area (Å²) in [7, 11) is 0. The van der Waals surface area contributed by atoms with Crippen LogP contribution < -0.4 is 15.4 Å². The summed E-state index contributed by atoms with van der Waals surface area (Å²) in [5.74, 6) is -0.522. The number of carbonyl (C=O) groups is 2. The number of ether oxygens (including phenoxy) is 1. The third-order valence-corrected chi connectivity index (χ3v) is 5.56. The molecule has 1 aliphatic heterocycles. The molecule has 0 spiro atoms. The molecule has 0 unspecified atom stereocenters. The minimum atomic E-state index is -0.542. The van der Waals surface area contributed by atoms with Gasteiger partial charge in [-0.15, -0.1) is 0 Å². The summed E-state index contributed by atoms with van der Waals surface area (Å²) in [6, 6.07) is 17.8. The molecule has 2 N–H and O–H groups in total. The Kier molecular flexibility index (Phi) is 5.65. The molecule has 30 heavy (non-hydrogen) atoms. The van der Waals surface area contributed by atoms with Gasteiger partial charge >= 0.3 is 0 Å². The Hall–Kier alpha value is -3.03. The molecule has 0 atom stereocenters. The Labute approximate surface area is 187 Å². The molecule has 1 fully saturated rings. The van der Waals surface area contributed by atoms with Gasteiger partial charge in [-0.1, -0.05) is 52.3 Å². The van der Waals surface area contributed by atoms with Crippen molar-refractivity contribution in [2.75, 3.05) is 0 Å². The Bertz CT molecular complexity index is 1210. The maximum absolute atomic E-state index is 12.2. The number of amides is 2. The van der Waals surface area contributed by atoms with Crippen LogP contribution in [0.15, 0.2) is 64.6 Å². The van der Waals surface area contributed by atoms with Crippen molar-refractivity contribution < 1.29 is 14.3 Å². The maximum atomic E-state index is 12.2. The number of hydrogen-bond donors (Lipinski definition) is 2. The van der Waals surface area contributed by atoms with Crippen molar-refractivity contribution in [2.24, 2.45) is 0 Å². The zero-order valence-corrected chi connectivity index (χ0v) is 18.4. The molecular weight excluding hydrogens is 464 g/mol. The van der Waals surface area contributed by atoms with E-state index in [4.69, 9.17) is 17.0 Å². The fourth-order valence-corrected chi connectivity index (χ4v) is 3.88. The minimum absolute atomic E-state index is 0.000651. The molecule has 4 rings (SSSR count). The highest BCUT2D eigenvalue weighted by atomic mass is 79.9. The molecule has 1 aliphatic rings. The first-order valence-corrected chi connectivity index (χ1v) is 10.4. The van der Waals surface area contributed by atoms with Crippen LogP contribution in [-0.4, -0.2) is 16.9 Å². The number of aryl methyl sites for hydroxylation is 1. The molecule has 150 valence electrons. The normalized spacial score (nSPS) is 13.8. The van der Waals surface area contributed by atoms with Gasteiger partial charge < -0.3 is 4.74 Å². The van der Waals surface area contributed by atoms with Crippen LogP contribution in [0.4, 0.5) is 0 Å². The Morgan fingerprint density at radius 3 is 2.53 bits per heavy atom. The van der Waals surface area contributed by atoms with Crippen molar-refractivity contribution >= 4 is 61.9 Å². The number of hydrogen-bond acceptors (Lipinski definition) is 4. The van der Waals surface area contributed by atoms with Crippen molar-refractivity contribution in [3.05, 3.63) is 81.3 Å². The monoisotopic (exact) mass is 480 g/mol. The second-order valence-corrected chi connectivity index (χ2v) is 8.17.